The van der Waals surface area contributed by atoms with E-state index in [-0.39, 0.29) is 11.4 Å². The second kappa shape index (κ2) is 5.57. The van der Waals surface area contributed by atoms with Crippen LogP contribution in [0.1, 0.15) is 36.2 Å². The molecule has 0 bridgehead atoms. The molecule has 0 aliphatic heterocycles. The minimum atomic E-state index is -0.131. The molecule has 0 unspecified atom stereocenters. The third kappa shape index (κ3) is 3.04. The topological polar surface area (TPSA) is 71.2 Å². The van der Waals surface area contributed by atoms with E-state index in [4.69, 9.17) is 5.73 Å². The van der Waals surface area contributed by atoms with E-state index in [2.05, 4.69) is 29.3 Å². The Kier molecular flexibility index (Phi) is 4.04. The number of nitrogens with two attached hydrogens (primary N) is 1. The fraction of sp³-hybridized carbons (Fsp3) is 0.571. The quantitative estimate of drug-likeness (QED) is 0.857. The summed E-state index contributed by atoms with van der Waals surface area (Å²) in [5, 5.41) is 3.00. The molecule has 1 heterocycles. The SMILES string of the molecule is CN(C)C1(CNC(=O)c2ccc(N)cn2)CCCC1. The number of hydrogen-bond donors (Lipinski definition) is 2. The van der Waals surface area contributed by atoms with Crippen LogP contribution in [0.3, 0.4) is 0 Å². The van der Waals surface area contributed by atoms with Crippen molar-refractivity contribution in [2.24, 2.45) is 0 Å². The molecule has 1 aromatic rings. The number of rotatable bonds is 4. The smallest absolute Gasteiger partial charge is 0.269 e. The average molecular weight is 262 g/mol. The number of carbonyl (C=O) groups excluding carboxylic acids is 1. The Morgan fingerprint density at radius 3 is 2.63 bits per heavy atom. The molecule has 1 aromatic heterocycles. The Hall–Kier alpha value is -1.62. The zero-order valence-corrected chi connectivity index (χ0v) is 11.6. The molecule has 0 aromatic carbocycles. The molecule has 1 fully saturated rings. The van der Waals surface area contributed by atoms with Crippen molar-refractivity contribution >= 4 is 11.6 Å². The van der Waals surface area contributed by atoms with E-state index in [1.54, 1.807) is 12.1 Å². The van der Waals surface area contributed by atoms with Crippen LogP contribution < -0.4 is 11.1 Å². The zero-order chi connectivity index (χ0) is 13.9. The van der Waals surface area contributed by atoms with Crippen LogP contribution in [0.4, 0.5) is 5.69 Å². The van der Waals surface area contributed by atoms with Crippen molar-refractivity contribution in [3.05, 3.63) is 24.0 Å². The van der Waals surface area contributed by atoms with Crippen LogP contribution in [0.25, 0.3) is 0 Å². The van der Waals surface area contributed by atoms with Gasteiger partial charge in [0, 0.05) is 12.1 Å². The van der Waals surface area contributed by atoms with Crippen molar-refractivity contribution in [1.29, 1.82) is 0 Å². The van der Waals surface area contributed by atoms with Gasteiger partial charge in [-0.15, -0.1) is 0 Å². The van der Waals surface area contributed by atoms with E-state index in [0.29, 0.717) is 17.9 Å². The van der Waals surface area contributed by atoms with Crippen LogP contribution in [0.15, 0.2) is 18.3 Å². The van der Waals surface area contributed by atoms with Gasteiger partial charge >= 0.3 is 0 Å². The number of pyridine rings is 1. The molecule has 0 radical (unpaired) electrons. The van der Waals surface area contributed by atoms with Crippen molar-refractivity contribution in [3.63, 3.8) is 0 Å². The van der Waals surface area contributed by atoms with Gasteiger partial charge in [0.25, 0.3) is 5.91 Å². The molecule has 0 atom stereocenters. The van der Waals surface area contributed by atoms with E-state index < -0.39 is 0 Å². The van der Waals surface area contributed by atoms with Gasteiger partial charge in [0.15, 0.2) is 0 Å². The maximum absolute atomic E-state index is 12.0. The van der Waals surface area contributed by atoms with E-state index >= 15 is 0 Å². The number of amides is 1. The molecule has 0 saturated heterocycles. The first kappa shape index (κ1) is 13.8. The average Bonchev–Trinajstić information content (AvgIpc) is 2.87. The van der Waals surface area contributed by atoms with Crippen LogP contribution >= 0.6 is 0 Å². The Morgan fingerprint density at radius 1 is 1.42 bits per heavy atom. The molecule has 1 amide bonds. The number of nitrogen functional groups attached to an aromatic ring is 1. The number of nitrogens with one attached hydrogen (secondary N) is 1. The molecule has 104 valence electrons. The fourth-order valence-corrected chi connectivity index (χ4v) is 2.69. The number of anilines is 1. The molecule has 0 spiro atoms. The number of aromatic nitrogens is 1. The monoisotopic (exact) mass is 262 g/mol. The van der Waals surface area contributed by atoms with Crippen LogP contribution in [-0.4, -0.2) is 42.0 Å². The van der Waals surface area contributed by atoms with Crippen molar-refractivity contribution < 1.29 is 4.79 Å². The number of nitrogens with zero attached hydrogens (tertiary/aromatic N) is 2. The van der Waals surface area contributed by atoms with Crippen molar-refractivity contribution in [2.45, 2.75) is 31.2 Å². The van der Waals surface area contributed by atoms with E-state index in [1.165, 1.54) is 19.0 Å². The summed E-state index contributed by atoms with van der Waals surface area (Å²) >= 11 is 0. The molecule has 1 aliphatic rings. The predicted octanol–water partition coefficient (Wildman–Crippen LogP) is 1.27. The zero-order valence-electron chi connectivity index (χ0n) is 11.6. The van der Waals surface area contributed by atoms with E-state index in [0.717, 1.165) is 12.8 Å². The molecule has 3 N–H and O–H groups in total. The van der Waals surface area contributed by atoms with Crippen LogP contribution in [0.2, 0.25) is 0 Å². The Labute approximate surface area is 114 Å². The first-order chi connectivity index (χ1) is 9.03. The lowest BCUT2D eigenvalue weighted by Gasteiger charge is -2.36. The van der Waals surface area contributed by atoms with Gasteiger partial charge in [0.1, 0.15) is 5.69 Å². The third-order valence-electron chi connectivity index (χ3n) is 4.08. The summed E-state index contributed by atoms with van der Waals surface area (Å²) < 4.78 is 0. The largest absolute Gasteiger partial charge is 0.397 e. The number of hydrogen-bond acceptors (Lipinski definition) is 4. The summed E-state index contributed by atoms with van der Waals surface area (Å²) in [5.41, 5.74) is 6.65. The van der Waals surface area contributed by atoms with Gasteiger partial charge in [0.05, 0.1) is 11.9 Å². The summed E-state index contributed by atoms with van der Waals surface area (Å²) in [6.45, 7) is 0.672. The molecule has 1 saturated carbocycles. The first-order valence-electron chi connectivity index (χ1n) is 6.71. The first-order valence-corrected chi connectivity index (χ1v) is 6.71. The van der Waals surface area contributed by atoms with Crippen molar-refractivity contribution in [3.8, 4) is 0 Å². The highest BCUT2D eigenvalue weighted by Crippen LogP contribution is 2.33. The van der Waals surface area contributed by atoms with Crippen molar-refractivity contribution in [1.82, 2.24) is 15.2 Å². The van der Waals surface area contributed by atoms with Crippen LogP contribution in [-0.2, 0) is 0 Å². The van der Waals surface area contributed by atoms with Gasteiger partial charge in [0.2, 0.25) is 0 Å². The maximum Gasteiger partial charge on any atom is 0.269 e. The highest BCUT2D eigenvalue weighted by Gasteiger charge is 2.36. The molecule has 19 heavy (non-hydrogen) atoms. The lowest BCUT2D eigenvalue weighted by Crippen LogP contribution is -2.50. The standard InChI is InChI=1S/C14H22N4O/c1-18(2)14(7-3-4-8-14)10-17-13(19)12-6-5-11(15)9-16-12/h5-6,9H,3-4,7-8,10,15H2,1-2H3,(H,17,19). The van der Waals surface area contributed by atoms with Gasteiger partial charge in [-0.1, -0.05) is 12.8 Å². The second-order valence-corrected chi connectivity index (χ2v) is 5.49. The Bertz CT molecular complexity index is 435. The van der Waals surface area contributed by atoms with Crippen molar-refractivity contribution in [2.75, 3.05) is 26.4 Å². The predicted molar refractivity (Wildman–Crippen MR) is 75.9 cm³/mol. The fourth-order valence-electron chi connectivity index (χ4n) is 2.69. The minimum absolute atomic E-state index is 0.101. The highest BCUT2D eigenvalue weighted by molar-refractivity contribution is 5.92. The maximum atomic E-state index is 12.0. The second-order valence-electron chi connectivity index (χ2n) is 5.49. The number of carbonyl (C=O) groups is 1. The number of likely N-dealkylation sites (N-methyl/N-ethyl adjacent to an activating group) is 1. The minimum Gasteiger partial charge on any atom is -0.397 e. The Balaban J connectivity index is 1.97. The van der Waals surface area contributed by atoms with Crippen LogP contribution in [0.5, 0.6) is 0 Å². The molecule has 2 rings (SSSR count). The summed E-state index contributed by atoms with van der Waals surface area (Å²) in [6, 6.07) is 3.35. The van der Waals surface area contributed by atoms with Gasteiger partial charge in [-0.25, -0.2) is 4.98 Å². The molecular formula is C14H22N4O. The Morgan fingerprint density at radius 2 is 2.11 bits per heavy atom. The van der Waals surface area contributed by atoms with E-state index in [9.17, 15) is 4.79 Å². The van der Waals surface area contributed by atoms with Gasteiger partial charge < -0.3 is 16.0 Å². The molecule has 5 heteroatoms. The summed E-state index contributed by atoms with van der Waals surface area (Å²) in [6.07, 6.45) is 6.24. The van der Waals surface area contributed by atoms with Crippen LogP contribution in [0, 0.1) is 0 Å². The van der Waals surface area contributed by atoms with Gasteiger partial charge in [-0.05, 0) is 39.1 Å². The van der Waals surface area contributed by atoms with E-state index in [1.807, 2.05) is 0 Å². The normalized spacial score (nSPS) is 17.6. The lowest BCUT2D eigenvalue weighted by atomic mass is 9.96. The van der Waals surface area contributed by atoms with Gasteiger partial charge in [-0.3, -0.25) is 4.79 Å². The summed E-state index contributed by atoms with van der Waals surface area (Å²) in [7, 11) is 4.16. The summed E-state index contributed by atoms with van der Waals surface area (Å²) in [4.78, 5) is 18.3. The molecular weight excluding hydrogens is 240 g/mol. The lowest BCUT2D eigenvalue weighted by molar-refractivity contribution is 0.0895. The third-order valence-corrected chi connectivity index (χ3v) is 4.08. The molecule has 1 aliphatic carbocycles. The highest BCUT2D eigenvalue weighted by atomic mass is 16.1. The van der Waals surface area contributed by atoms with Gasteiger partial charge in [-0.2, -0.15) is 0 Å². The summed E-state index contributed by atoms with van der Waals surface area (Å²) in [5.74, 6) is -0.131. The molecule has 5 nitrogen and oxygen atoms in total.